The molecule has 2 unspecified atom stereocenters. The highest BCUT2D eigenvalue weighted by molar-refractivity contribution is 5.82. The van der Waals surface area contributed by atoms with Gasteiger partial charge in [-0.25, -0.2) is 0 Å². The molecule has 1 saturated heterocycles. The van der Waals surface area contributed by atoms with E-state index in [2.05, 4.69) is 5.32 Å². The molecule has 1 amide bonds. The summed E-state index contributed by atoms with van der Waals surface area (Å²) in [6.07, 6.45) is -5.72. The van der Waals surface area contributed by atoms with Crippen LogP contribution in [0.1, 0.15) is 24.8 Å². The smallest absolute Gasteiger partial charge is 0.389 e. The summed E-state index contributed by atoms with van der Waals surface area (Å²) in [5.74, 6) is -1.62. The zero-order valence-corrected chi connectivity index (χ0v) is 15.8. The number of rotatable bonds is 8. The number of halogens is 3. The highest BCUT2D eigenvalue weighted by atomic mass is 19.4. The molecule has 1 aromatic rings. The number of carbonyl (C=O) groups is 2. The van der Waals surface area contributed by atoms with Gasteiger partial charge in [0.1, 0.15) is 23.6 Å². The third kappa shape index (κ3) is 5.84. The van der Waals surface area contributed by atoms with Crippen molar-refractivity contribution in [3.63, 3.8) is 0 Å². The second kappa shape index (κ2) is 9.60. The largest absolute Gasteiger partial charge is 0.494 e. The van der Waals surface area contributed by atoms with Crippen molar-refractivity contribution >= 4 is 11.9 Å². The van der Waals surface area contributed by atoms with Gasteiger partial charge in [0.25, 0.3) is 0 Å². The molecule has 0 radical (unpaired) electrons. The molecular formula is C19H21F3N2O5. The third-order valence-electron chi connectivity index (χ3n) is 4.54. The van der Waals surface area contributed by atoms with Gasteiger partial charge in [-0.2, -0.15) is 18.4 Å². The molecule has 0 aliphatic carbocycles. The fourth-order valence-electron chi connectivity index (χ4n) is 3.15. The minimum atomic E-state index is -4.23. The SMILES string of the molecule is COC(=O)C1COCC1(NC(=O)CC#N)c1ccc(OCCCC(F)(F)F)cc1. The van der Waals surface area contributed by atoms with Crippen LogP contribution < -0.4 is 10.1 Å². The molecular weight excluding hydrogens is 393 g/mol. The fourth-order valence-corrected chi connectivity index (χ4v) is 3.15. The van der Waals surface area contributed by atoms with Crippen molar-refractivity contribution in [1.29, 1.82) is 5.26 Å². The summed E-state index contributed by atoms with van der Waals surface area (Å²) in [4.78, 5) is 24.3. The molecule has 0 aromatic heterocycles. The van der Waals surface area contributed by atoms with E-state index in [1.807, 2.05) is 0 Å². The number of amides is 1. The first kappa shape index (κ1) is 22.5. The van der Waals surface area contributed by atoms with Crippen LogP contribution in [0, 0.1) is 17.2 Å². The Morgan fingerprint density at radius 3 is 2.62 bits per heavy atom. The van der Waals surface area contributed by atoms with Gasteiger partial charge in [-0.15, -0.1) is 0 Å². The molecule has 1 aliphatic rings. The van der Waals surface area contributed by atoms with Crippen LogP contribution in [0.3, 0.4) is 0 Å². The molecule has 29 heavy (non-hydrogen) atoms. The minimum Gasteiger partial charge on any atom is -0.494 e. The maximum Gasteiger partial charge on any atom is 0.389 e. The molecule has 1 fully saturated rings. The zero-order valence-electron chi connectivity index (χ0n) is 15.8. The Morgan fingerprint density at radius 2 is 2.03 bits per heavy atom. The number of ether oxygens (including phenoxy) is 3. The molecule has 1 aromatic carbocycles. The highest BCUT2D eigenvalue weighted by Crippen LogP contribution is 2.37. The van der Waals surface area contributed by atoms with Crippen LogP contribution in [0.15, 0.2) is 24.3 Å². The van der Waals surface area contributed by atoms with E-state index in [0.717, 1.165) is 0 Å². The molecule has 1 aliphatic heterocycles. The number of nitrogens with one attached hydrogen (secondary N) is 1. The Bertz CT molecular complexity index is 761. The summed E-state index contributed by atoms with van der Waals surface area (Å²) in [6.45, 7) is -0.0816. The number of carbonyl (C=O) groups excluding carboxylic acids is 2. The van der Waals surface area contributed by atoms with Gasteiger partial charge in [-0.05, 0) is 24.1 Å². The number of benzene rings is 1. The van der Waals surface area contributed by atoms with Crippen LogP contribution in [0.25, 0.3) is 0 Å². The molecule has 158 valence electrons. The first-order valence-electron chi connectivity index (χ1n) is 8.85. The lowest BCUT2D eigenvalue weighted by molar-refractivity contribution is -0.148. The quantitative estimate of drug-likeness (QED) is 0.518. The van der Waals surface area contributed by atoms with Crippen molar-refractivity contribution in [3.05, 3.63) is 29.8 Å². The summed E-state index contributed by atoms with van der Waals surface area (Å²) in [5.41, 5.74) is -0.699. The Balaban J connectivity index is 2.18. The minimum absolute atomic E-state index is 0.00424. The maximum absolute atomic E-state index is 12.2. The standard InChI is InChI=1S/C19H21F3N2O5/c1-27-17(26)15-11-28-12-18(15,24-16(25)7-9-23)13-3-5-14(6-4-13)29-10-2-8-19(20,21)22/h3-6,15H,2,7-8,10-12H2,1H3,(H,24,25). The van der Waals surface area contributed by atoms with Gasteiger partial charge in [0.05, 0.1) is 33.0 Å². The number of hydrogen-bond donors (Lipinski definition) is 1. The van der Waals surface area contributed by atoms with E-state index >= 15 is 0 Å². The number of nitrogens with zero attached hydrogens (tertiary/aromatic N) is 1. The normalized spacial score (nSPS) is 21.3. The molecule has 2 atom stereocenters. The molecule has 0 saturated carbocycles. The first-order chi connectivity index (χ1) is 13.7. The Kier molecular flexibility index (Phi) is 7.45. The summed E-state index contributed by atoms with van der Waals surface area (Å²) >= 11 is 0. The van der Waals surface area contributed by atoms with Gasteiger partial charge in [0.15, 0.2) is 0 Å². The number of hydrogen-bond acceptors (Lipinski definition) is 6. The van der Waals surface area contributed by atoms with E-state index in [-0.39, 0.29) is 26.2 Å². The molecule has 2 rings (SSSR count). The molecule has 7 nitrogen and oxygen atoms in total. The number of esters is 1. The summed E-state index contributed by atoms with van der Waals surface area (Å²) in [5, 5.41) is 11.5. The summed E-state index contributed by atoms with van der Waals surface area (Å²) in [6, 6.07) is 8.01. The zero-order chi connectivity index (χ0) is 21.5. The predicted molar refractivity (Wildman–Crippen MR) is 93.6 cm³/mol. The lowest BCUT2D eigenvalue weighted by atomic mass is 9.80. The van der Waals surface area contributed by atoms with Crippen LogP contribution in [0.4, 0.5) is 13.2 Å². The monoisotopic (exact) mass is 414 g/mol. The van der Waals surface area contributed by atoms with E-state index < -0.39 is 42.4 Å². The Hall–Kier alpha value is -2.80. The van der Waals surface area contributed by atoms with Crippen LogP contribution in [-0.2, 0) is 24.6 Å². The number of methoxy groups -OCH3 is 1. The van der Waals surface area contributed by atoms with Gasteiger partial charge in [-0.1, -0.05) is 12.1 Å². The predicted octanol–water partition coefficient (Wildman–Crippen LogP) is 2.45. The second-order valence-corrected chi connectivity index (χ2v) is 6.54. The lowest BCUT2D eigenvalue weighted by Crippen LogP contribution is -2.53. The van der Waals surface area contributed by atoms with E-state index in [4.69, 9.17) is 19.5 Å². The van der Waals surface area contributed by atoms with E-state index in [0.29, 0.717) is 11.3 Å². The fraction of sp³-hybridized carbons (Fsp3) is 0.526. The van der Waals surface area contributed by atoms with Gasteiger partial charge in [-0.3, -0.25) is 9.59 Å². The summed E-state index contributed by atoms with van der Waals surface area (Å²) in [7, 11) is 1.22. The first-order valence-corrected chi connectivity index (χ1v) is 8.85. The van der Waals surface area contributed by atoms with Crippen LogP contribution >= 0.6 is 0 Å². The highest BCUT2D eigenvalue weighted by Gasteiger charge is 2.51. The number of nitriles is 1. The van der Waals surface area contributed by atoms with Crippen LogP contribution in [0.2, 0.25) is 0 Å². The van der Waals surface area contributed by atoms with Crippen molar-refractivity contribution in [3.8, 4) is 11.8 Å². The maximum atomic E-state index is 12.2. The van der Waals surface area contributed by atoms with Crippen LogP contribution in [0.5, 0.6) is 5.75 Å². The average Bonchev–Trinajstić information content (AvgIpc) is 3.09. The van der Waals surface area contributed by atoms with Gasteiger partial charge < -0.3 is 19.5 Å². The Morgan fingerprint density at radius 1 is 1.34 bits per heavy atom. The Labute approximate surface area is 165 Å². The van der Waals surface area contributed by atoms with Crippen molar-refractivity contribution in [2.24, 2.45) is 5.92 Å². The summed E-state index contributed by atoms with van der Waals surface area (Å²) < 4.78 is 52.1. The van der Waals surface area contributed by atoms with Crippen LogP contribution in [-0.4, -0.2) is 45.0 Å². The van der Waals surface area contributed by atoms with E-state index in [9.17, 15) is 22.8 Å². The van der Waals surface area contributed by atoms with Crippen molar-refractivity contribution in [2.75, 3.05) is 26.9 Å². The molecule has 10 heteroatoms. The van der Waals surface area contributed by atoms with Crippen molar-refractivity contribution in [1.82, 2.24) is 5.32 Å². The molecule has 1 N–H and O–H groups in total. The van der Waals surface area contributed by atoms with Gasteiger partial charge in [0.2, 0.25) is 5.91 Å². The van der Waals surface area contributed by atoms with Gasteiger partial charge in [0, 0.05) is 6.42 Å². The molecule has 0 spiro atoms. The van der Waals surface area contributed by atoms with E-state index in [1.165, 1.54) is 19.2 Å². The van der Waals surface area contributed by atoms with E-state index in [1.54, 1.807) is 18.2 Å². The third-order valence-corrected chi connectivity index (χ3v) is 4.54. The average molecular weight is 414 g/mol. The van der Waals surface area contributed by atoms with Crippen molar-refractivity contribution in [2.45, 2.75) is 31.0 Å². The van der Waals surface area contributed by atoms with Gasteiger partial charge >= 0.3 is 12.1 Å². The molecule has 0 bridgehead atoms. The molecule has 1 heterocycles. The topological polar surface area (TPSA) is 97.6 Å². The number of alkyl halides is 3. The van der Waals surface area contributed by atoms with Crippen molar-refractivity contribution < 1.29 is 37.0 Å². The lowest BCUT2D eigenvalue weighted by Gasteiger charge is -2.33. The second-order valence-electron chi connectivity index (χ2n) is 6.54.